The second kappa shape index (κ2) is 9.27. The van der Waals surface area contributed by atoms with E-state index in [1.807, 2.05) is 18.7 Å². The summed E-state index contributed by atoms with van der Waals surface area (Å²) in [6.45, 7) is 12.4. The molecule has 0 unspecified atom stereocenters. The van der Waals surface area contributed by atoms with Gasteiger partial charge in [-0.25, -0.2) is 0 Å². The van der Waals surface area contributed by atoms with Gasteiger partial charge in [0.25, 0.3) is 5.91 Å². The summed E-state index contributed by atoms with van der Waals surface area (Å²) < 4.78 is 11.1. The molecule has 148 valence electrons. The van der Waals surface area contributed by atoms with Crippen molar-refractivity contribution in [1.82, 2.24) is 9.88 Å². The number of halogens is 1. The molecule has 0 N–H and O–H groups in total. The molecule has 2 rings (SSSR count). The van der Waals surface area contributed by atoms with Gasteiger partial charge in [-0.05, 0) is 44.2 Å². The number of benzene rings is 1. The fourth-order valence-electron chi connectivity index (χ4n) is 2.96. The van der Waals surface area contributed by atoms with Gasteiger partial charge in [-0.1, -0.05) is 45.4 Å². The van der Waals surface area contributed by atoms with Crippen LogP contribution in [-0.4, -0.2) is 28.4 Å². The van der Waals surface area contributed by atoms with Crippen LogP contribution < -0.4 is 4.74 Å². The smallest absolute Gasteiger partial charge is 0.395 e. The fraction of sp³-hybridized carbons (Fsp3) is 0.524. The summed E-state index contributed by atoms with van der Waals surface area (Å²) in [5.74, 6) is 0.695. The van der Waals surface area contributed by atoms with Crippen LogP contribution in [0.15, 0.2) is 34.4 Å². The molecular formula is C21H29ClN2O3. The van der Waals surface area contributed by atoms with Gasteiger partial charge in [0.2, 0.25) is 0 Å². The predicted molar refractivity (Wildman–Crippen MR) is 109 cm³/mol. The second-order valence-corrected chi connectivity index (χ2v) is 8.17. The van der Waals surface area contributed by atoms with Gasteiger partial charge in [-0.15, -0.1) is 0 Å². The van der Waals surface area contributed by atoms with Gasteiger partial charge in [0.1, 0.15) is 5.52 Å². The van der Waals surface area contributed by atoms with Crippen LogP contribution in [0.25, 0.3) is 11.1 Å². The van der Waals surface area contributed by atoms with E-state index in [9.17, 15) is 4.79 Å². The molecule has 1 amide bonds. The molecule has 0 bridgehead atoms. The predicted octanol–water partition coefficient (Wildman–Crippen LogP) is 5.68. The van der Waals surface area contributed by atoms with Crippen LogP contribution in [0.5, 0.6) is 6.08 Å². The van der Waals surface area contributed by atoms with Gasteiger partial charge in [-0.2, -0.15) is 4.98 Å². The number of carbonyl (C=O) groups excluding carboxylic acids is 1. The topological polar surface area (TPSA) is 55.6 Å². The highest BCUT2D eigenvalue weighted by Crippen LogP contribution is 2.24. The Morgan fingerprint density at radius 2 is 1.96 bits per heavy atom. The lowest BCUT2D eigenvalue weighted by Gasteiger charge is -2.31. The quantitative estimate of drug-likeness (QED) is 0.579. The molecule has 0 aliphatic heterocycles. The van der Waals surface area contributed by atoms with Crippen molar-refractivity contribution in [3.8, 4) is 6.08 Å². The summed E-state index contributed by atoms with van der Waals surface area (Å²) >= 11 is 5.95. The number of allylic oxidation sites excluding steroid dienone is 2. The lowest BCUT2D eigenvalue weighted by molar-refractivity contribution is -0.133. The van der Waals surface area contributed by atoms with Crippen molar-refractivity contribution >= 4 is 28.6 Å². The van der Waals surface area contributed by atoms with Crippen LogP contribution in [0, 0.1) is 11.8 Å². The summed E-state index contributed by atoms with van der Waals surface area (Å²) in [4.78, 5) is 19.0. The van der Waals surface area contributed by atoms with E-state index < -0.39 is 0 Å². The highest BCUT2D eigenvalue weighted by Gasteiger charge is 2.23. The van der Waals surface area contributed by atoms with Crippen molar-refractivity contribution in [2.24, 2.45) is 11.8 Å². The first-order chi connectivity index (χ1) is 12.7. The summed E-state index contributed by atoms with van der Waals surface area (Å²) in [6.07, 6.45) is 3.06. The van der Waals surface area contributed by atoms with Gasteiger partial charge in [0.15, 0.2) is 12.2 Å². The van der Waals surface area contributed by atoms with Crippen LogP contribution in [0.3, 0.4) is 0 Å². The average molecular weight is 393 g/mol. The Hall–Kier alpha value is -2.01. The zero-order chi connectivity index (χ0) is 20.1. The van der Waals surface area contributed by atoms with Crippen molar-refractivity contribution in [3.05, 3.63) is 35.0 Å². The number of hydrogen-bond donors (Lipinski definition) is 0. The van der Waals surface area contributed by atoms with E-state index in [0.29, 0.717) is 28.0 Å². The molecule has 2 aromatic rings. The van der Waals surface area contributed by atoms with Crippen molar-refractivity contribution in [2.75, 3.05) is 6.61 Å². The molecule has 0 aliphatic carbocycles. The molecule has 0 atom stereocenters. The van der Waals surface area contributed by atoms with Crippen molar-refractivity contribution in [1.29, 1.82) is 0 Å². The third-order valence-electron chi connectivity index (χ3n) is 3.89. The van der Waals surface area contributed by atoms with E-state index in [2.05, 4.69) is 38.8 Å². The minimum absolute atomic E-state index is 0.0345. The number of ether oxygens (including phenoxy) is 1. The molecule has 5 nitrogen and oxygen atoms in total. The molecule has 0 fully saturated rings. The zero-order valence-corrected chi connectivity index (χ0v) is 17.7. The molecule has 6 heteroatoms. The first-order valence-corrected chi connectivity index (χ1v) is 9.76. The van der Waals surface area contributed by atoms with Gasteiger partial charge >= 0.3 is 6.08 Å². The minimum atomic E-state index is -0.133. The molecule has 1 heterocycles. The Bertz CT molecular complexity index is 809. The molecular weight excluding hydrogens is 364 g/mol. The van der Waals surface area contributed by atoms with E-state index in [1.54, 1.807) is 18.2 Å². The number of rotatable bonds is 8. The van der Waals surface area contributed by atoms with E-state index in [4.69, 9.17) is 20.8 Å². The summed E-state index contributed by atoms with van der Waals surface area (Å²) in [5, 5.41) is 0.560. The lowest BCUT2D eigenvalue weighted by atomic mass is 10.0. The summed E-state index contributed by atoms with van der Waals surface area (Å²) in [5.41, 5.74) is 2.21. The van der Waals surface area contributed by atoms with Gasteiger partial charge in [0.05, 0.1) is 0 Å². The Labute approximate surface area is 166 Å². The van der Waals surface area contributed by atoms with Crippen molar-refractivity contribution in [3.63, 3.8) is 0 Å². The van der Waals surface area contributed by atoms with E-state index in [-0.39, 0.29) is 24.6 Å². The molecule has 27 heavy (non-hydrogen) atoms. The molecule has 0 radical (unpaired) electrons. The summed E-state index contributed by atoms with van der Waals surface area (Å²) in [7, 11) is 0. The van der Waals surface area contributed by atoms with Crippen LogP contribution in [0.1, 0.15) is 48.0 Å². The maximum absolute atomic E-state index is 12.9. The third-order valence-corrected chi connectivity index (χ3v) is 4.12. The highest BCUT2D eigenvalue weighted by atomic mass is 35.5. The van der Waals surface area contributed by atoms with Crippen LogP contribution in [0.2, 0.25) is 5.02 Å². The maximum Gasteiger partial charge on any atom is 0.395 e. The average Bonchev–Trinajstić information content (AvgIpc) is 2.93. The van der Waals surface area contributed by atoms with Gasteiger partial charge in [0, 0.05) is 22.8 Å². The number of aromatic nitrogens is 1. The lowest BCUT2D eigenvalue weighted by Crippen LogP contribution is -2.40. The minimum Gasteiger partial charge on any atom is -0.440 e. The van der Waals surface area contributed by atoms with E-state index >= 15 is 0 Å². The maximum atomic E-state index is 12.9. The Morgan fingerprint density at radius 1 is 1.26 bits per heavy atom. The SMILES string of the molecule is CC(C)/C=C(/CC(C)C)N(C(=O)COc1nc2ccc(Cl)cc2o1)C(C)C. The van der Waals surface area contributed by atoms with Crippen LogP contribution in [0.4, 0.5) is 0 Å². The number of fused-ring (bicyclic) bond motifs is 1. The normalized spacial score (nSPS) is 12.4. The zero-order valence-electron chi connectivity index (χ0n) is 17.0. The number of amides is 1. The Morgan fingerprint density at radius 3 is 2.56 bits per heavy atom. The van der Waals surface area contributed by atoms with Crippen LogP contribution >= 0.6 is 11.6 Å². The molecule has 0 saturated heterocycles. The molecule has 0 saturated carbocycles. The van der Waals surface area contributed by atoms with Gasteiger partial charge < -0.3 is 14.1 Å². The standard InChI is InChI=1S/C21H29ClN2O3/c1-13(2)9-17(10-14(3)4)24(15(5)6)20(25)12-26-21-23-18-8-7-16(22)11-19(18)27-21/h7-9,11,13-15H,10,12H2,1-6H3/b17-9-. The van der Waals surface area contributed by atoms with E-state index in [1.165, 1.54) is 0 Å². The molecule has 1 aromatic heterocycles. The highest BCUT2D eigenvalue weighted by molar-refractivity contribution is 6.31. The number of carbonyl (C=O) groups is 1. The Balaban J connectivity index is 2.15. The molecule has 0 aliphatic rings. The monoisotopic (exact) mass is 392 g/mol. The number of hydrogen-bond acceptors (Lipinski definition) is 4. The first kappa shape index (κ1) is 21.3. The van der Waals surface area contributed by atoms with Crippen LogP contribution in [-0.2, 0) is 4.79 Å². The third kappa shape index (κ3) is 5.99. The van der Waals surface area contributed by atoms with Gasteiger partial charge in [-0.3, -0.25) is 4.79 Å². The van der Waals surface area contributed by atoms with Crippen molar-refractivity contribution < 1.29 is 13.9 Å². The fourth-order valence-corrected chi connectivity index (χ4v) is 3.12. The van der Waals surface area contributed by atoms with E-state index in [0.717, 1.165) is 12.1 Å². The van der Waals surface area contributed by atoms with Crippen molar-refractivity contribution in [2.45, 2.75) is 54.0 Å². The second-order valence-electron chi connectivity index (χ2n) is 7.74. The Kier molecular flexibility index (Phi) is 7.31. The molecule has 1 aromatic carbocycles. The number of oxazole rings is 1. The largest absolute Gasteiger partial charge is 0.440 e. The molecule has 0 spiro atoms. The first-order valence-electron chi connectivity index (χ1n) is 9.39. The number of nitrogens with zero attached hydrogens (tertiary/aromatic N) is 2. The summed E-state index contributed by atoms with van der Waals surface area (Å²) in [6, 6.07) is 5.19.